The van der Waals surface area contributed by atoms with E-state index in [1.807, 2.05) is 0 Å². The molecule has 1 fully saturated rings. The van der Waals surface area contributed by atoms with Crippen molar-refractivity contribution in [3.05, 3.63) is 18.1 Å². The lowest BCUT2D eigenvalue weighted by atomic mass is 10.2. The van der Waals surface area contributed by atoms with Gasteiger partial charge in [0.05, 0.1) is 24.6 Å². The highest BCUT2D eigenvalue weighted by atomic mass is 32.1. The van der Waals surface area contributed by atoms with Crippen molar-refractivity contribution in [2.24, 2.45) is 5.73 Å². The molecule has 0 spiro atoms. The molecule has 6 heteroatoms. The van der Waals surface area contributed by atoms with Crippen LogP contribution in [0.5, 0.6) is 0 Å². The first-order valence-corrected chi connectivity index (χ1v) is 5.99. The first-order chi connectivity index (χ1) is 8.06. The average Bonchev–Trinajstić information content (AvgIpc) is 2.28. The fourth-order valence-electron chi connectivity index (χ4n) is 1.98. The first-order valence-electron chi connectivity index (χ1n) is 5.58. The lowest BCUT2D eigenvalue weighted by molar-refractivity contribution is -0.00547. The Morgan fingerprint density at radius 2 is 2.00 bits per heavy atom. The van der Waals surface area contributed by atoms with Crippen LogP contribution in [0, 0.1) is 0 Å². The Kier molecular flexibility index (Phi) is 3.54. The Morgan fingerprint density at radius 1 is 1.35 bits per heavy atom. The van der Waals surface area contributed by atoms with E-state index in [9.17, 15) is 0 Å². The van der Waals surface area contributed by atoms with E-state index in [1.165, 1.54) is 0 Å². The maximum atomic E-state index is 5.67. The zero-order chi connectivity index (χ0) is 12.4. The van der Waals surface area contributed by atoms with Crippen LogP contribution in [0.3, 0.4) is 0 Å². The second-order valence-electron chi connectivity index (χ2n) is 4.29. The minimum Gasteiger partial charge on any atom is -0.388 e. The minimum atomic E-state index is 0.204. The normalized spacial score (nSPS) is 24.7. The summed E-state index contributed by atoms with van der Waals surface area (Å²) in [6.45, 7) is 5.76. The van der Waals surface area contributed by atoms with E-state index in [2.05, 4.69) is 28.7 Å². The number of rotatable bonds is 2. The van der Waals surface area contributed by atoms with Crippen LogP contribution >= 0.6 is 12.2 Å². The summed E-state index contributed by atoms with van der Waals surface area (Å²) >= 11 is 4.84. The zero-order valence-electron chi connectivity index (χ0n) is 9.96. The molecule has 0 radical (unpaired) electrons. The number of thiocarbonyl (C=S) groups is 1. The topological polar surface area (TPSA) is 64.3 Å². The molecule has 0 saturated carbocycles. The Hall–Kier alpha value is -1.27. The highest BCUT2D eigenvalue weighted by Gasteiger charge is 2.23. The summed E-state index contributed by atoms with van der Waals surface area (Å²) < 4.78 is 5.67. The van der Waals surface area contributed by atoms with Crippen molar-refractivity contribution in [2.75, 3.05) is 18.0 Å². The molecule has 0 unspecified atom stereocenters. The summed E-state index contributed by atoms with van der Waals surface area (Å²) in [7, 11) is 0. The predicted molar refractivity (Wildman–Crippen MR) is 70.1 cm³/mol. The van der Waals surface area contributed by atoms with Crippen LogP contribution in [-0.4, -0.2) is 40.3 Å². The minimum absolute atomic E-state index is 0.204. The van der Waals surface area contributed by atoms with E-state index in [4.69, 9.17) is 22.7 Å². The number of hydrogen-bond donors (Lipinski definition) is 1. The Bertz CT molecular complexity index is 398. The van der Waals surface area contributed by atoms with Crippen LogP contribution in [0.2, 0.25) is 0 Å². The molecule has 1 aromatic heterocycles. The van der Waals surface area contributed by atoms with Gasteiger partial charge in [-0.05, 0) is 13.8 Å². The molecule has 0 aromatic carbocycles. The van der Waals surface area contributed by atoms with Gasteiger partial charge in [-0.25, -0.2) is 9.97 Å². The van der Waals surface area contributed by atoms with Gasteiger partial charge in [-0.3, -0.25) is 0 Å². The third-order valence-corrected chi connectivity index (χ3v) is 2.84. The number of nitrogens with two attached hydrogens (primary N) is 1. The van der Waals surface area contributed by atoms with Gasteiger partial charge < -0.3 is 15.4 Å². The molecule has 0 amide bonds. The Morgan fingerprint density at radius 3 is 2.47 bits per heavy atom. The van der Waals surface area contributed by atoms with Gasteiger partial charge in [0.25, 0.3) is 0 Å². The molecule has 2 rings (SSSR count). The molecule has 0 aliphatic carbocycles. The molecule has 2 N–H and O–H groups in total. The SMILES string of the molecule is C[C@@H]1CN(c2cnc(C(N)=S)cn2)C[C@H](C)O1. The van der Waals surface area contributed by atoms with Gasteiger partial charge in [0.1, 0.15) is 16.5 Å². The van der Waals surface area contributed by atoms with E-state index in [0.717, 1.165) is 18.9 Å². The number of nitrogens with zero attached hydrogens (tertiary/aromatic N) is 3. The van der Waals surface area contributed by atoms with E-state index >= 15 is 0 Å². The van der Waals surface area contributed by atoms with Gasteiger partial charge in [-0.2, -0.15) is 0 Å². The smallest absolute Gasteiger partial charge is 0.147 e. The monoisotopic (exact) mass is 252 g/mol. The van der Waals surface area contributed by atoms with Crippen LogP contribution < -0.4 is 10.6 Å². The largest absolute Gasteiger partial charge is 0.388 e. The molecule has 1 aromatic rings. The fourth-order valence-corrected chi connectivity index (χ4v) is 2.08. The van der Waals surface area contributed by atoms with E-state index in [-0.39, 0.29) is 17.2 Å². The van der Waals surface area contributed by atoms with Crippen molar-refractivity contribution in [2.45, 2.75) is 26.1 Å². The molecule has 5 nitrogen and oxygen atoms in total. The lowest BCUT2D eigenvalue weighted by Crippen LogP contribution is -2.45. The lowest BCUT2D eigenvalue weighted by Gasteiger charge is -2.35. The molecule has 17 heavy (non-hydrogen) atoms. The summed E-state index contributed by atoms with van der Waals surface area (Å²) in [5.74, 6) is 0.840. The van der Waals surface area contributed by atoms with Crippen LogP contribution in [-0.2, 0) is 4.74 Å². The summed E-state index contributed by atoms with van der Waals surface area (Å²) in [4.78, 5) is 11.0. The van der Waals surface area contributed by atoms with E-state index in [1.54, 1.807) is 12.4 Å². The fraction of sp³-hybridized carbons (Fsp3) is 0.545. The van der Waals surface area contributed by atoms with Crippen molar-refractivity contribution >= 4 is 23.0 Å². The van der Waals surface area contributed by atoms with Gasteiger partial charge in [0, 0.05) is 13.1 Å². The zero-order valence-corrected chi connectivity index (χ0v) is 10.8. The second-order valence-corrected chi connectivity index (χ2v) is 4.73. The van der Waals surface area contributed by atoms with E-state index in [0.29, 0.717) is 5.69 Å². The molecule has 1 aliphatic heterocycles. The summed E-state index contributed by atoms with van der Waals surface area (Å²) in [6, 6.07) is 0. The van der Waals surface area contributed by atoms with Gasteiger partial charge in [-0.1, -0.05) is 12.2 Å². The highest BCUT2D eigenvalue weighted by Crippen LogP contribution is 2.17. The number of morpholine rings is 1. The molecule has 1 aliphatic rings. The molecular weight excluding hydrogens is 236 g/mol. The van der Waals surface area contributed by atoms with Gasteiger partial charge in [0.15, 0.2) is 0 Å². The molecule has 2 atom stereocenters. The molecule has 0 bridgehead atoms. The summed E-state index contributed by atoms with van der Waals surface area (Å²) in [5.41, 5.74) is 6.04. The van der Waals surface area contributed by atoms with Crippen molar-refractivity contribution in [3.8, 4) is 0 Å². The van der Waals surface area contributed by atoms with Crippen LogP contribution in [0.1, 0.15) is 19.5 Å². The van der Waals surface area contributed by atoms with Crippen molar-refractivity contribution in [1.29, 1.82) is 0 Å². The average molecular weight is 252 g/mol. The second kappa shape index (κ2) is 4.93. The maximum Gasteiger partial charge on any atom is 0.147 e. The highest BCUT2D eigenvalue weighted by molar-refractivity contribution is 7.80. The number of aromatic nitrogens is 2. The van der Waals surface area contributed by atoms with Gasteiger partial charge in [-0.15, -0.1) is 0 Å². The van der Waals surface area contributed by atoms with Gasteiger partial charge >= 0.3 is 0 Å². The number of hydrogen-bond acceptors (Lipinski definition) is 5. The standard InChI is InChI=1S/C11H16N4OS/c1-7-5-15(6-8(2)16-7)10-4-13-9(3-14-10)11(12)17/h3-4,7-8H,5-6H2,1-2H3,(H2,12,17)/t7-,8+. The summed E-state index contributed by atoms with van der Waals surface area (Å²) in [5, 5.41) is 0. The van der Waals surface area contributed by atoms with Gasteiger partial charge in [0.2, 0.25) is 0 Å². The first kappa shape index (κ1) is 12.2. The van der Waals surface area contributed by atoms with Crippen LogP contribution in [0.25, 0.3) is 0 Å². The predicted octanol–water partition coefficient (Wildman–Crippen LogP) is 0.724. The third-order valence-electron chi connectivity index (χ3n) is 2.63. The Balaban J connectivity index is 2.14. The number of anilines is 1. The molecule has 2 heterocycles. The maximum absolute atomic E-state index is 5.67. The third kappa shape index (κ3) is 2.89. The molecule has 1 saturated heterocycles. The van der Waals surface area contributed by atoms with Crippen molar-refractivity contribution in [1.82, 2.24) is 9.97 Å². The van der Waals surface area contributed by atoms with Crippen molar-refractivity contribution in [3.63, 3.8) is 0 Å². The summed E-state index contributed by atoms with van der Waals surface area (Å²) in [6.07, 6.45) is 3.73. The van der Waals surface area contributed by atoms with Crippen LogP contribution in [0.15, 0.2) is 12.4 Å². The quantitative estimate of drug-likeness (QED) is 0.783. The van der Waals surface area contributed by atoms with Crippen LogP contribution in [0.4, 0.5) is 5.82 Å². The molecular formula is C11H16N4OS. The number of ether oxygens (including phenoxy) is 1. The Labute approximate surface area is 106 Å². The van der Waals surface area contributed by atoms with E-state index < -0.39 is 0 Å². The molecule has 92 valence electrons. The van der Waals surface area contributed by atoms with Crippen molar-refractivity contribution < 1.29 is 4.74 Å².